The molecule has 0 fully saturated rings. The van der Waals surface area contributed by atoms with Crippen LogP contribution in [0.3, 0.4) is 0 Å². The van der Waals surface area contributed by atoms with E-state index in [1.54, 1.807) is 6.07 Å². The van der Waals surface area contributed by atoms with Crippen molar-refractivity contribution < 1.29 is 9.59 Å². The molecule has 146 valence electrons. The van der Waals surface area contributed by atoms with Gasteiger partial charge in [-0.05, 0) is 43.0 Å². The largest absolute Gasteiger partial charge is 0.294 e. The molecule has 1 aromatic heterocycles. The quantitative estimate of drug-likeness (QED) is 0.621. The number of ketones is 1. The average molecular weight is 426 g/mol. The number of carbonyl (C=O) groups excluding carboxylic acids is 2. The minimum Gasteiger partial charge on any atom is -0.294 e. The van der Waals surface area contributed by atoms with Gasteiger partial charge in [0.25, 0.3) is 5.91 Å². The van der Waals surface area contributed by atoms with Crippen LogP contribution >= 0.6 is 23.2 Å². The van der Waals surface area contributed by atoms with Crippen LogP contribution < -0.4 is 5.32 Å². The number of hydrogen-bond donors (Lipinski definition) is 1. The molecule has 0 saturated heterocycles. The smallest absolute Gasteiger partial charge is 0.259 e. The van der Waals surface area contributed by atoms with Crippen molar-refractivity contribution >= 4 is 40.8 Å². The fourth-order valence-corrected chi connectivity index (χ4v) is 3.92. The first-order valence-electron chi connectivity index (χ1n) is 9.13. The molecule has 0 saturated carbocycles. The van der Waals surface area contributed by atoms with Crippen LogP contribution in [-0.4, -0.2) is 21.7 Å². The van der Waals surface area contributed by atoms with E-state index in [-0.39, 0.29) is 28.2 Å². The van der Waals surface area contributed by atoms with Crippen molar-refractivity contribution in [3.05, 3.63) is 86.7 Å². The van der Waals surface area contributed by atoms with Crippen LogP contribution in [0.4, 0.5) is 5.95 Å². The predicted molar refractivity (Wildman–Crippen MR) is 113 cm³/mol. The number of aromatic nitrogens is 2. The first kappa shape index (κ1) is 19.6. The number of fused-ring (bicyclic) bond motifs is 1. The van der Waals surface area contributed by atoms with Gasteiger partial charge in [-0.3, -0.25) is 14.9 Å². The van der Waals surface area contributed by atoms with Crippen LogP contribution in [-0.2, 0) is 6.42 Å². The molecular formula is C22H17Cl2N3O2. The molecule has 29 heavy (non-hydrogen) atoms. The Kier molecular flexibility index (Phi) is 5.35. The highest BCUT2D eigenvalue weighted by Crippen LogP contribution is 2.32. The molecule has 4 rings (SSSR count). The minimum atomic E-state index is -0.441. The monoisotopic (exact) mass is 425 g/mol. The molecule has 5 nitrogen and oxygen atoms in total. The molecule has 1 atom stereocenters. The number of hydrogen-bond acceptors (Lipinski definition) is 4. The van der Waals surface area contributed by atoms with Gasteiger partial charge in [-0.15, -0.1) is 0 Å². The van der Waals surface area contributed by atoms with Crippen molar-refractivity contribution in [3.63, 3.8) is 0 Å². The van der Waals surface area contributed by atoms with E-state index in [1.165, 1.54) is 23.9 Å². The molecule has 0 bridgehead atoms. The molecule has 0 aliphatic heterocycles. The van der Waals surface area contributed by atoms with E-state index in [9.17, 15) is 9.59 Å². The summed E-state index contributed by atoms with van der Waals surface area (Å²) < 4.78 is 0. The average Bonchev–Trinajstić information content (AvgIpc) is 2.68. The summed E-state index contributed by atoms with van der Waals surface area (Å²) in [7, 11) is 0. The molecule has 1 aliphatic carbocycles. The lowest BCUT2D eigenvalue weighted by molar-refractivity contribution is 0.0962. The standard InChI is InChI=1S/C22H17Cl2N3O2/c1-12-2-4-13(5-3-12)14-8-19-17(20(28)9-14)11-25-22(26-19)27-21(29)16-7-6-15(23)10-18(16)24/h2-7,10-11,14H,8-9H2,1H3,(H,25,26,27,29)/t14-/m0/s1. The normalized spacial score (nSPS) is 15.7. The number of rotatable bonds is 3. The molecule has 0 radical (unpaired) electrons. The number of anilines is 1. The molecule has 1 N–H and O–H groups in total. The molecule has 7 heteroatoms. The Morgan fingerprint density at radius 1 is 1.10 bits per heavy atom. The van der Waals surface area contributed by atoms with Crippen molar-refractivity contribution in [1.29, 1.82) is 0 Å². The summed E-state index contributed by atoms with van der Waals surface area (Å²) in [4.78, 5) is 33.6. The topological polar surface area (TPSA) is 72.0 Å². The van der Waals surface area contributed by atoms with E-state index in [4.69, 9.17) is 23.2 Å². The molecule has 1 aliphatic rings. The van der Waals surface area contributed by atoms with Crippen LogP contribution in [0.25, 0.3) is 0 Å². The Morgan fingerprint density at radius 2 is 1.86 bits per heavy atom. The van der Waals surface area contributed by atoms with Gasteiger partial charge in [-0.25, -0.2) is 9.97 Å². The summed E-state index contributed by atoms with van der Waals surface area (Å²) in [5, 5.41) is 3.33. The van der Waals surface area contributed by atoms with Gasteiger partial charge in [0.2, 0.25) is 5.95 Å². The fourth-order valence-electron chi connectivity index (χ4n) is 3.42. The second-order valence-corrected chi connectivity index (χ2v) is 7.91. The van der Waals surface area contributed by atoms with Crippen molar-refractivity contribution in [2.24, 2.45) is 0 Å². The first-order chi connectivity index (χ1) is 13.9. The van der Waals surface area contributed by atoms with Crippen LogP contribution in [0.1, 0.15) is 49.9 Å². The zero-order chi connectivity index (χ0) is 20.5. The third-order valence-corrected chi connectivity index (χ3v) is 5.54. The number of carbonyl (C=O) groups is 2. The van der Waals surface area contributed by atoms with Crippen LogP contribution in [0.5, 0.6) is 0 Å². The zero-order valence-electron chi connectivity index (χ0n) is 15.6. The molecule has 0 spiro atoms. The summed E-state index contributed by atoms with van der Waals surface area (Å²) in [5.74, 6) is -0.240. The molecule has 2 aromatic carbocycles. The van der Waals surface area contributed by atoms with E-state index in [0.717, 1.165) is 5.56 Å². The molecule has 1 amide bonds. The fraction of sp³-hybridized carbons (Fsp3) is 0.182. The van der Waals surface area contributed by atoms with Gasteiger partial charge >= 0.3 is 0 Å². The maximum atomic E-state index is 12.6. The van der Waals surface area contributed by atoms with E-state index in [0.29, 0.717) is 29.1 Å². The number of nitrogens with zero attached hydrogens (tertiary/aromatic N) is 2. The van der Waals surface area contributed by atoms with E-state index in [1.807, 2.05) is 31.2 Å². The Morgan fingerprint density at radius 3 is 2.59 bits per heavy atom. The highest BCUT2D eigenvalue weighted by atomic mass is 35.5. The molecular weight excluding hydrogens is 409 g/mol. The second-order valence-electron chi connectivity index (χ2n) is 7.07. The number of Topliss-reactive ketones (excluding diaryl/α,β-unsaturated/α-hetero) is 1. The number of benzene rings is 2. The number of halogens is 2. The van der Waals surface area contributed by atoms with Gasteiger partial charge < -0.3 is 0 Å². The van der Waals surface area contributed by atoms with Crippen molar-refractivity contribution in [1.82, 2.24) is 9.97 Å². The van der Waals surface area contributed by atoms with Gasteiger partial charge in [0, 0.05) is 17.6 Å². The molecule has 3 aromatic rings. The summed E-state index contributed by atoms with van der Waals surface area (Å²) in [6, 6.07) is 12.8. The Hall–Kier alpha value is -2.76. The van der Waals surface area contributed by atoms with Gasteiger partial charge in [-0.2, -0.15) is 0 Å². The lowest BCUT2D eigenvalue weighted by atomic mass is 9.82. The summed E-state index contributed by atoms with van der Waals surface area (Å²) in [6.07, 6.45) is 2.51. The Balaban J connectivity index is 1.58. The van der Waals surface area contributed by atoms with Crippen LogP contribution in [0.2, 0.25) is 10.0 Å². The second kappa shape index (κ2) is 7.93. The summed E-state index contributed by atoms with van der Waals surface area (Å²) in [6.45, 7) is 2.03. The zero-order valence-corrected chi connectivity index (χ0v) is 17.1. The molecule has 0 unspecified atom stereocenters. The predicted octanol–water partition coefficient (Wildman–Crippen LogP) is 5.26. The lowest BCUT2D eigenvalue weighted by Crippen LogP contribution is -2.22. The van der Waals surface area contributed by atoms with Crippen LogP contribution in [0, 0.1) is 6.92 Å². The van der Waals surface area contributed by atoms with Gasteiger partial charge in [0.15, 0.2) is 5.78 Å². The molecule has 1 heterocycles. The van der Waals surface area contributed by atoms with Gasteiger partial charge in [0.1, 0.15) is 0 Å². The highest BCUT2D eigenvalue weighted by molar-refractivity contribution is 6.37. The third kappa shape index (κ3) is 4.16. The highest BCUT2D eigenvalue weighted by Gasteiger charge is 2.28. The van der Waals surface area contributed by atoms with Gasteiger partial charge in [0.05, 0.1) is 21.8 Å². The number of amides is 1. The maximum Gasteiger partial charge on any atom is 0.259 e. The van der Waals surface area contributed by atoms with Crippen molar-refractivity contribution in [2.45, 2.75) is 25.7 Å². The van der Waals surface area contributed by atoms with E-state index < -0.39 is 5.91 Å². The van der Waals surface area contributed by atoms with Gasteiger partial charge in [-0.1, -0.05) is 53.0 Å². The number of nitrogens with one attached hydrogen (secondary N) is 1. The SMILES string of the molecule is Cc1ccc([C@@H]2CC(=O)c3cnc(NC(=O)c4ccc(Cl)cc4Cl)nc3C2)cc1. The first-order valence-corrected chi connectivity index (χ1v) is 9.88. The van der Waals surface area contributed by atoms with Crippen molar-refractivity contribution in [2.75, 3.05) is 5.32 Å². The number of aryl methyl sites for hydroxylation is 1. The summed E-state index contributed by atoms with van der Waals surface area (Å²) in [5.41, 5.74) is 3.69. The Bertz CT molecular complexity index is 1110. The van der Waals surface area contributed by atoms with Crippen molar-refractivity contribution in [3.8, 4) is 0 Å². The van der Waals surface area contributed by atoms with E-state index >= 15 is 0 Å². The van der Waals surface area contributed by atoms with Crippen LogP contribution in [0.15, 0.2) is 48.7 Å². The minimum absolute atomic E-state index is 0.00967. The third-order valence-electron chi connectivity index (χ3n) is 4.99. The summed E-state index contributed by atoms with van der Waals surface area (Å²) >= 11 is 12.0. The lowest BCUT2D eigenvalue weighted by Gasteiger charge is -2.23. The maximum absolute atomic E-state index is 12.6. The van der Waals surface area contributed by atoms with E-state index in [2.05, 4.69) is 15.3 Å². The Labute approximate surface area is 178 Å².